The summed E-state index contributed by atoms with van der Waals surface area (Å²) < 4.78 is 5.16. The number of ether oxygens (including phenoxy) is 1. The Hall–Kier alpha value is -1.55. The zero-order valence-electron chi connectivity index (χ0n) is 12.1. The standard InChI is InChI=1S/C16H24N2O2/c1-20-14-7-4-5-12(9-14)10-16(19)18-11-13-6-2-3-8-15(13)17/h4-5,7,9,13,15H,2-3,6,8,10-11,17H2,1H3,(H,18,19). The van der Waals surface area contributed by atoms with E-state index in [1.807, 2.05) is 24.3 Å². The van der Waals surface area contributed by atoms with Gasteiger partial charge >= 0.3 is 0 Å². The first kappa shape index (κ1) is 14.9. The molecule has 0 heterocycles. The molecule has 0 radical (unpaired) electrons. The first-order valence-electron chi connectivity index (χ1n) is 7.34. The molecular formula is C16H24N2O2. The number of methoxy groups -OCH3 is 1. The van der Waals surface area contributed by atoms with Crippen molar-refractivity contribution in [2.75, 3.05) is 13.7 Å². The van der Waals surface area contributed by atoms with E-state index in [2.05, 4.69) is 5.32 Å². The van der Waals surface area contributed by atoms with Crippen molar-refractivity contribution in [3.8, 4) is 5.75 Å². The fourth-order valence-corrected chi connectivity index (χ4v) is 2.77. The number of nitrogens with one attached hydrogen (secondary N) is 1. The van der Waals surface area contributed by atoms with Crippen LogP contribution in [0.1, 0.15) is 31.2 Å². The maximum absolute atomic E-state index is 12.0. The number of carbonyl (C=O) groups is 1. The maximum atomic E-state index is 12.0. The second-order valence-electron chi connectivity index (χ2n) is 5.54. The van der Waals surface area contributed by atoms with Crippen LogP contribution < -0.4 is 15.8 Å². The smallest absolute Gasteiger partial charge is 0.224 e. The molecule has 1 aromatic rings. The zero-order valence-corrected chi connectivity index (χ0v) is 12.1. The Balaban J connectivity index is 1.79. The van der Waals surface area contributed by atoms with Gasteiger partial charge in [-0.2, -0.15) is 0 Å². The Bertz CT molecular complexity index is 448. The van der Waals surface area contributed by atoms with Crippen LogP contribution in [-0.4, -0.2) is 25.6 Å². The Morgan fingerprint density at radius 2 is 2.20 bits per heavy atom. The third-order valence-electron chi connectivity index (χ3n) is 4.03. The van der Waals surface area contributed by atoms with Crippen molar-refractivity contribution in [3.05, 3.63) is 29.8 Å². The summed E-state index contributed by atoms with van der Waals surface area (Å²) in [6.45, 7) is 0.698. The number of benzene rings is 1. The molecule has 2 rings (SSSR count). The van der Waals surface area contributed by atoms with E-state index < -0.39 is 0 Å². The number of hydrogen-bond acceptors (Lipinski definition) is 3. The normalized spacial score (nSPS) is 22.3. The highest BCUT2D eigenvalue weighted by molar-refractivity contribution is 5.78. The van der Waals surface area contributed by atoms with Crippen molar-refractivity contribution in [3.63, 3.8) is 0 Å². The van der Waals surface area contributed by atoms with Crippen LogP contribution in [-0.2, 0) is 11.2 Å². The first-order valence-corrected chi connectivity index (χ1v) is 7.34. The van der Waals surface area contributed by atoms with Gasteiger partial charge in [0.05, 0.1) is 13.5 Å². The third-order valence-corrected chi connectivity index (χ3v) is 4.03. The van der Waals surface area contributed by atoms with E-state index in [1.165, 1.54) is 12.8 Å². The summed E-state index contributed by atoms with van der Waals surface area (Å²) in [5.74, 6) is 1.26. The first-order chi connectivity index (χ1) is 9.69. The van der Waals surface area contributed by atoms with Crippen LogP contribution in [0.2, 0.25) is 0 Å². The summed E-state index contributed by atoms with van der Waals surface area (Å²) in [5, 5.41) is 3.01. The molecule has 1 aliphatic carbocycles. The molecule has 4 heteroatoms. The van der Waals surface area contributed by atoms with Gasteiger partial charge in [0.25, 0.3) is 0 Å². The van der Waals surface area contributed by atoms with Crippen LogP contribution in [0.25, 0.3) is 0 Å². The number of carbonyl (C=O) groups excluding carboxylic acids is 1. The minimum atomic E-state index is 0.0519. The van der Waals surface area contributed by atoms with Crippen molar-refractivity contribution in [1.29, 1.82) is 0 Å². The average Bonchev–Trinajstić information content (AvgIpc) is 2.46. The van der Waals surface area contributed by atoms with Crippen molar-refractivity contribution in [2.24, 2.45) is 11.7 Å². The fraction of sp³-hybridized carbons (Fsp3) is 0.562. The van der Waals surface area contributed by atoms with Crippen LogP contribution in [0.15, 0.2) is 24.3 Å². The molecule has 110 valence electrons. The van der Waals surface area contributed by atoms with Gasteiger partial charge in [-0.1, -0.05) is 25.0 Å². The summed E-state index contributed by atoms with van der Waals surface area (Å²) >= 11 is 0. The highest BCUT2D eigenvalue weighted by atomic mass is 16.5. The van der Waals surface area contributed by atoms with E-state index in [4.69, 9.17) is 10.5 Å². The predicted molar refractivity (Wildman–Crippen MR) is 79.6 cm³/mol. The average molecular weight is 276 g/mol. The number of amides is 1. The Kier molecular flexibility index (Phi) is 5.41. The van der Waals surface area contributed by atoms with Gasteiger partial charge in [0.2, 0.25) is 5.91 Å². The molecule has 0 spiro atoms. The van der Waals surface area contributed by atoms with E-state index in [0.29, 0.717) is 18.9 Å². The van der Waals surface area contributed by atoms with Crippen molar-refractivity contribution in [1.82, 2.24) is 5.32 Å². The largest absolute Gasteiger partial charge is 0.497 e. The topological polar surface area (TPSA) is 64.3 Å². The lowest BCUT2D eigenvalue weighted by Gasteiger charge is -2.28. The second-order valence-corrected chi connectivity index (χ2v) is 5.54. The minimum Gasteiger partial charge on any atom is -0.497 e. The Morgan fingerprint density at radius 1 is 1.40 bits per heavy atom. The van der Waals surface area contributed by atoms with Crippen LogP contribution in [0.3, 0.4) is 0 Å². The van der Waals surface area contributed by atoms with Gasteiger partial charge in [-0.25, -0.2) is 0 Å². The van der Waals surface area contributed by atoms with Gasteiger partial charge in [0, 0.05) is 12.6 Å². The molecule has 0 aromatic heterocycles. The highest BCUT2D eigenvalue weighted by Gasteiger charge is 2.21. The van der Waals surface area contributed by atoms with Crippen molar-refractivity contribution < 1.29 is 9.53 Å². The molecule has 0 bridgehead atoms. The van der Waals surface area contributed by atoms with E-state index in [1.54, 1.807) is 7.11 Å². The van der Waals surface area contributed by atoms with Gasteiger partial charge in [-0.05, 0) is 36.5 Å². The molecular weight excluding hydrogens is 252 g/mol. The molecule has 1 fully saturated rings. The monoisotopic (exact) mass is 276 g/mol. The summed E-state index contributed by atoms with van der Waals surface area (Å²) in [7, 11) is 1.63. The van der Waals surface area contributed by atoms with E-state index in [-0.39, 0.29) is 11.9 Å². The minimum absolute atomic E-state index is 0.0519. The van der Waals surface area contributed by atoms with E-state index >= 15 is 0 Å². The summed E-state index contributed by atoms with van der Waals surface area (Å²) in [6, 6.07) is 7.85. The Labute approximate surface area is 120 Å². The van der Waals surface area contributed by atoms with Gasteiger partial charge in [-0.15, -0.1) is 0 Å². The molecule has 1 saturated carbocycles. The lowest BCUT2D eigenvalue weighted by atomic mass is 9.85. The summed E-state index contributed by atoms with van der Waals surface area (Å²) in [5.41, 5.74) is 7.06. The predicted octanol–water partition coefficient (Wildman–Crippen LogP) is 1.87. The van der Waals surface area contributed by atoms with Crippen LogP contribution >= 0.6 is 0 Å². The molecule has 1 aliphatic rings. The van der Waals surface area contributed by atoms with Crippen molar-refractivity contribution in [2.45, 2.75) is 38.1 Å². The molecule has 2 atom stereocenters. The third kappa shape index (κ3) is 4.23. The molecule has 1 aromatic carbocycles. The quantitative estimate of drug-likeness (QED) is 0.863. The lowest BCUT2D eigenvalue weighted by Crippen LogP contribution is -2.41. The zero-order chi connectivity index (χ0) is 14.4. The van der Waals surface area contributed by atoms with Crippen molar-refractivity contribution >= 4 is 5.91 Å². The maximum Gasteiger partial charge on any atom is 0.224 e. The molecule has 4 nitrogen and oxygen atoms in total. The van der Waals surface area contributed by atoms with Crippen LogP contribution in [0.5, 0.6) is 5.75 Å². The summed E-state index contributed by atoms with van der Waals surface area (Å²) in [6.07, 6.45) is 5.04. The number of rotatable bonds is 5. The van der Waals surface area contributed by atoms with Gasteiger partial charge in [-0.3, -0.25) is 4.79 Å². The molecule has 1 amide bonds. The molecule has 2 unspecified atom stereocenters. The molecule has 0 aliphatic heterocycles. The molecule has 0 saturated heterocycles. The van der Waals surface area contributed by atoms with E-state index in [0.717, 1.165) is 24.2 Å². The van der Waals surface area contributed by atoms with Crippen LogP contribution in [0.4, 0.5) is 0 Å². The van der Waals surface area contributed by atoms with Crippen LogP contribution in [0, 0.1) is 5.92 Å². The summed E-state index contributed by atoms with van der Waals surface area (Å²) in [4.78, 5) is 12.0. The van der Waals surface area contributed by atoms with Gasteiger partial charge < -0.3 is 15.8 Å². The second kappa shape index (κ2) is 7.29. The molecule has 3 N–H and O–H groups in total. The van der Waals surface area contributed by atoms with Gasteiger partial charge in [0.1, 0.15) is 5.75 Å². The Morgan fingerprint density at radius 3 is 2.95 bits per heavy atom. The number of hydrogen-bond donors (Lipinski definition) is 2. The number of nitrogens with two attached hydrogens (primary N) is 1. The van der Waals surface area contributed by atoms with E-state index in [9.17, 15) is 4.79 Å². The lowest BCUT2D eigenvalue weighted by molar-refractivity contribution is -0.120. The SMILES string of the molecule is COc1cccc(CC(=O)NCC2CCCCC2N)c1. The molecule has 20 heavy (non-hydrogen) atoms. The van der Waals surface area contributed by atoms with Gasteiger partial charge in [0.15, 0.2) is 0 Å². The fourth-order valence-electron chi connectivity index (χ4n) is 2.77. The highest BCUT2D eigenvalue weighted by Crippen LogP contribution is 2.22.